The van der Waals surface area contributed by atoms with Crippen LogP contribution in [-0.4, -0.2) is 45.6 Å². The van der Waals surface area contributed by atoms with Crippen molar-refractivity contribution in [1.82, 2.24) is 19.7 Å². The van der Waals surface area contributed by atoms with Gasteiger partial charge >= 0.3 is 0 Å². The molecule has 0 atom stereocenters. The Bertz CT molecular complexity index is 1390. The van der Waals surface area contributed by atoms with Crippen molar-refractivity contribution in [2.24, 2.45) is 0 Å². The van der Waals surface area contributed by atoms with Gasteiger partial charge < -0.3 is 14.8 Å². The Hall–Kier alpha value is -3.79. The van der Waals surface area contributed by atoms with Gasteiger partial charge in [-0.1, -0.05) is 23.9 Å². The number of nitrogens with one attached hydrogen (secondary N) is 3. The van der Waals surface area contributed by atoms with Gasteiger partial charge in [0, 0.05) is 11.8 Å². The molecule has 0 spiro atoms. The molecule has 0 aliphatic heterocycles. The fourth-order valence-corrected chi connectivity index (χ4v) is 4.28. The average molecular weight is 465 g/mol. The fraction of sp³-hybridized carbons (Fsp3) is 0.217. The van der Waals surface area contributed by atoms with Crippen LogP contribution in [0.3, 0.4) is 0 Å². The van der Waals surface area contributed by atoms with Crippen molar-refractivity contribution < 1.29 is 14.3 Å². The first kappa shape index (κ1) is 22.4. The van der Waals surface area contributed by atoms with E-state index in [0.717, 1.165) is 11.3 Å². The van der Waals surface area contributed by atoms with Crippen LogP contribution in [0.5, 0.6) is 11.5 Å². The molecule has 0 aliphatic rings. The molecule has 3 N–H and O–H groups in total. The van der Waals surface area contributed by atoms with Crippen LogP contribution in [0, 0.1) is 19.3 Å². The molecule has 10 heteroatoms. The van der Waals surface area contributed by atoms with E-state index in [1.54, 1.807) is 29.9 Å². The van der Waals surface area contributed by atoms with Gasteiger partial charge in [-0.3, -0.25) is 19.9 Å². The van der Waals surface area contributed by atoms with Crippen LogP contribution in [0.4, 0.5) is 5.69 Å². The van der Waals surface area contributed by atoms with E-state index in [9.17, 15) is 4.79 Å². The zero-order valence-corrected chi connectivity index (χ0v) is 19.5. The monoisotopic (exact) mass is 464 g/mol. The normalized spacial score (nSPS) is 10.9. The predicted octanol–water partition coefficient (Wildman–Crippen LogP) is 3.59. The summed E-state index contributed by atoms with van der Waals surface area (Å²) in [5.41, 5.74) is 3.84. The quantitative estimate of drug-likeness (QED) is 0.284. The third-order valence-corrected chi connectivity index (χ3v) is 6.00. The summed E-state index contributed by atoms with van der Waals surface area (Å²) in [5.74, 6) is 0.982. The molecule has 4 rings (SSSR count). The lowest BCUT2D eigenvalue weighted by Gasteiger charge is -2.15. The molecule has 170 valence electrons. The minimum absolute atomic E-state index is 0.0806. The molecule has 2 aromatic carbocycles. The standard InChI is InChI=1S/C23H24N6O3S/c1-13-6-5-7-15(10-13)29-21(24)20-14(2)27-28-22(20)26-23(29)33-12-19(30)25-17-11-16(31-3)8-9-18(17)32-4/h5-11,24H,12H2,1-4H3,(H,25,30)(H,27,28). The molecule has 0 fully saturated rings. The maximum atomic E-state index is 12.8. The molecule has 33 heavy (non-hydrogen) atoms. The summed E-state index contributed by atoms with van der Waals surface area (Å²) < 4.78 is 12.3. The van der Waals surface area contributed by atoms with Crippen molar-refractivity contribution in [2.75, 3.05) is 25.3 Å². The van der Waals surface area contributed by atoms with E-state index in [-0.39, 0.29) is 17.1 Å². The van der Waals surface area contributed by atoms with Crippen molar-refractivity contribution >= 4 is 34.4 Å². The number of hydrogen-bond acceptors (Lipinski definition) is 7. The maximum Gasteiger partial charge on any atom is 0.234 e. The highest BCUT2D eigenvalue weighted by Crippen LogP contribution is 2.29. The van der Waals surface area contributed by atoms with E-state index < -0.39 is 0 Å². The molecule has 0 aliphatic carbocycles. The Kier molecular flexibility index (Phi) is 6.36. The van der Waals surface area contributed by atoms with Gasteiger partial charge in [-0.15, -0.1) is 0 Å². The number of aromatic amines is 1. The number of amides is 1. The fourth-order valence-electron chi connectivity index (χ4n) is 3.47. The van der Waals surface area contributed by atoms with Crippen molar-refractivity contribution in [3.63, 3.8) is 0 Å². The summed E-state index contributed by atoms with van der Waals surface area (Å²) in [4.78, 5) is 17.4. The van der Waals surface area contributed by atoms with E-state index in [4.69, 9.17) is 14.9 Å². The number of hydrogen-bond donors (Lipinski definition) is 3. The SMILES string of the molecule is COc1ccc(OC)c(NC(=O)CSc2nc3[nH]nc(C)c3c(=N)n2-c2cccc(C)c2)c1. The van der Waals surface area contributed by atoms with Crippen molar-refractivity contribution in [2.45, 2.75) is 19.0 Å². The summed E-state index contributed by atoms with van der Waals surface area (Å²) in [7, 11) is 3.10. The predicted molar refractivity (Wildman–Crippen MR) is 127 cm³/mol. The molecule has 4 aromatic rings. The number of rotatable bonds is 7. The van der Waals surface area contributed by atoms with E-state index >= 15 is 0 Å². The van der Waals surface area contributed by atoms with Crippen LogP contribution < -0.4 is 20.3 Å². The number of anilines is 1. The highest BCUT2D eigenvalue weighted by molar-refractivity contribution is 7.99. The average Bonchev–Trinajstić information content (AvgIpc) is 3.18. The second-order valence-electron chi connectivity index (χ2n) is 7.35. The van der Waals surface area contributed by atoms with Crippen LogP contribution >= 0.6 is 11.8 Å². The molecule has 2 heterocycles. The molecule has 1 amide bonds. The summed E-state index contributed by atoms with van der Waals surface area (Å²) >= 11 is 1.24. The van der Waals surface area contributed by atoms with Crippen LogP contribution in [0.25, 0.3) is 16.7 Å². The van der Waals surface area contributed by atoms with Gasteiger partial charge in [0.1, 0.15) is 17.0 Å². The summed E-state index contributed by atoms with van der Waals surface area (Å²) in [6, 6.07) is 13.0. The van der Waals surface area contributed by atoms with Crippen LogP contribution in [0.1, 0.15) is 11.3 Å². The molecule has 0 bridgehead atoms. The number of benzene rings is 2. The lowest BCUT2D eigenvalue weighted by molar-refractivity contribution is -0.113. The van der Waals surface area contributed by atoms with Crippen molar-refractivity contribution in [3.05, 3.63) is 59.2 Å². The Balaban J connectivity index is 1.66. The Labute approximate surface area is 194 Å². The van der Waals surface area contributed by atoms with Gasteiger partial charge in [-0.2, -0.15) is 5.10 Å². The molecule has 0 saturated heterocycles. The number of ether oxygens (including phenoxy) is 2. The second kappa shape index (κ2) is 9.37. The molecule has 2 aromatic heterocycles. The lowest BCUT2D eigenvalue weighted by atomic mass is 10.2. The minimum atomic E-state index is -0.239. The molecular formula is C23H24N6O3S. The van der Waals surface area contributed by atoms with E-state index in [2.05, 4.69) is 20.5 Å². The van der Waals surface area contributed by atoms with Crippen molar-refractivity contribution in [1.29, 1.82) is 5.41 Å². The van der Waals surface area contributed by atoms with Gasteiger partial charge in [0.15, 0.2) is 10.8 Å². The lowest BCUT2D eigenvalue weighted by Crippen LogP contribution is -2.23. The number of fused-ring (bicyclic) bond motifs is 1. The molecule has 9 nitrogen and oxygen atoms in total. The molecule has 0 radical (unpaired) electrons. The molecule has 0 unspecified atom stereocenters. The first-order chi connectivity index (χ1) is 15.9. The number of carbonyl (C=O) groups is 1. The third kappa shape index (κ3) is 4.56. The summed E-state index contributed by atoms with van der Waals surface area (Å²) in [5, 5.41) is 19.9. The highest BCUT2D eigenvalue weighted by Gasteiger charge is 2.17. The number of aromatic nitrogens is 4. The first-order valence-electron chi connectivity index (χ1n) is 10.1. The third-order valence-electron chi connectivity index (χ3n) is 5.06. The van der Waals surface area contributed by atoms with Crippen molar-refractivity contribution in [3.8, 4) is 17.2 Å². The number of methoxy groups -OCH3 is 2. The van der Waals surface area contributed by atoms with Crippen LogP contribution in [-0.2, 0) is 4.79 Å². The summed E-state index contributed by atoms with van der Waals surface area (Å²) in [6.07, 6.45) is 0. The summed E-state index contributed by atoms with van der Waals surface area (Å²) in [6.45, 7) is 3.82. The number of thioether (sulfide) groups is 1. The second-order valence-corrected chi connectivity index (χ2v) is 8.30. The zero-order chi connectivity index (χ0) is 23.5. The minimum Gasteiger partial charge on any atom is -0.497 e. The van der Waals surface area contributed by atoms with Gasteiger partial charge in [0.2, 0.25) is 5.91 Å². The van der Waals surface area contributed by atoms with Gasteiger partial charge in [0.25, 0.3) is 0 Å². The van der Waals surface area contributed by atoms with Crippen LogP contribution in [0.2, 0.25) is 0 Å². The van der Waals surface area contributed by atoms with Gasteiger partial charge in [0.05, 0.1) is 36.7 Å². The Morgan fingerprint density at radius 2 is 2.00 bits per heavy atom. The van der Waals surface area contributed by atoms with E-state index in [0.29, 0.717) is 39.1 Å². The molecule has 0 saturated carbocycles. The van der Waals surface area contributed by atoms with Gasteiger partial charge in [-0.05, 0) is 43.7 Å². The highest BCUT2D eigenvalue weighted by atomic mass is 32.2. The molecular weight excluding hydrogens is 440 g/mol. The topological polar surface area (TPSA) is 118 Å². The number of aryl methyl sites for hydroxylation is 2. The van der Waals surface area contributed by atoms with E-state index in [1.807, 2.05) is 38.1 Å². The largest absolute Gasteiger partial charge is 0.497 e. The van der Waals surface area contributed by atoms with Gasteiger partial charge in [-0.25, -0.2) is 4.98 Å². The number of carbonyl (C=O) groups excluding carboxylic acids is 1. The number of H-pyrrole nitrogens is 1. The van der Waals surface area contributed by atoms with Crippen LogP contribution in [0.15, 0.2) is 47.6 Å². The smallest absolute Gasteiger partial charge is 0.234 e. The Morgan fingerprint density at radius 3 is 2.73 bits per heavy atom. The van der Waals surface area contributed by atoms with E-state index in [1.165, 1.54) is 18.9 Å². The zero-order valence-electron chi connectivity index (χ0n) is 18.7. The Morgan fingerprint density at radius 1 is 1.18 bits per heavy atom. The number of nitrogens with zero attached hydrogens (tertiary/aromatic N) is 3. The maximum absolute atomic E-state index is 12.8. The first-order valence-corrected chi connectivity index (χ1v) is 11.1.